The van der Waals surface area contributed by atoms with E-state index in [0.717, 1.165) is 29.8 Å². The van der Waals surface area contributed by atoms with Gasteiger partial charge < -0.3 is 25.0 Å². The van der Waals surface area contributed by atoms with Crippen LogP contribution >= 0.6 is 0 Å². The van der Waals surface area contributed by atoms with Crippen molar-refractivity contribution in [1.29, 1.82) is 0 Å². The minimum Gasteiger partial charge on any atom is -0.486 e. The molecular formula is C18H20N4O4. The lowest BCUT2D eigenvalue weighted by Gasteiger charge is -2.42. The van der Waals surface area contributed by atoms with E-state index in [9.17, 15) is 14.7 Å². The maximum absolute atomic E-state index is 12.0. The van der Waals surface area contributed by atoms with Gasteiger partial charge in [-0.2, -0.15) is 0 Å². The van der Waals surface area contributed by atoms with Crippen molar-refractivity contribution in [2.24, 2.45) is 0 Å². The first-order chi connectivity index (χ1) is 12.5. The Morgan fingerprint density at radius 1 is 1.46 bits per heavy atom. The summed E-state index contributed by atoms with van der Waals surface area (Å²) in [6, 6.07) is 3.49. The number of carboxylic acid groups (broad SMARTS) is 1. The van der Waals surface area contributed by atoms with Gasteiger partial charge in [0.15, 0.2) is 0 Å². The minimum atomic E-state index is -0.925. The summed E-state index contributed by atoms with van der Waals surface area (Å²) in [7, 11) is 0. The van der Waals surface area contributed by atoms with E-state index in [4.69, 9.17) is 4.74 Å². The lowest BCUT2D eigenvalue weighted by atomic mass is 9.99. The van der Waals surface area contributed by atoms with Crippen molar-refractivity contribution in [3.8, 4) is 17.0 Å². The second-order valence-corrected chi connectivity index (χ2v) is 6.61. The van der Waals surface area contributed by atoms with Gasteiger partial charge in [-0.3, -0.25) is 9.78 Å². The van der Waals surface area contributed by atoms with Crippen molar-refractivity contribution in [2.45, 2.75) is 31.9 Å². The molecule has 0 aliphatic carbocycles. The summed E-state index contributed by atoms with van der Waals surface area (Å²) in [5.74, 6) is 0.487. The molecule has 136 valence electrons. The standard InChI is InChI=1S/C18H20N4O4/c1-10(15-4-7-22(15)18(24)25)26-16-9-19-5-2-11(16)14-8-12-13(21-14)3-6-20-17(12)23/h2,5,8-10,15,21H,3-4,6-7H2,1H3,(H,20,23)(H,24,25)/t10?,15-/m1/s1. The average molecular weight is 356 g/mol. The summed E-state index contributed by atoms with van der Waals surface area (Å²) in [6.45, 7) is 3.02. The first-order valence-electron chi connectivity index (χ1n) is 8.65. The summed E-state index contributed by atoms with van der Waals surface area (Å²) >= 11 is 0. The lowest BCUT2D eigenvalue weighted by Crippen LogP contribution is -2.56. The number of likely N-dealkylation sites (tertiary alicyclic amines) is 1. The quantitative estimate of drug-likeness (QED) is 0.775. The zero-order valence-corrected chi connectivity index (χ0v) is 14.4. The van der Waals surface area contributed by atoms with Crippen molar-refractivity contribution in [3.05, 3.63) is 35.8 Å². The molecule has 4 heterocycles. The van der Waals surface area contributed by atoms with Gasteiger partial charge in [0.25, 0.3) is 5.91 Å². The molecule has 3 N–H and O–H groups in total. The largest absolute Gasteiger partial charge is 0.486 e. The third-order valence-electron chi connectivity index (χ3n) is 5.05. The summed E-state index contributed by atoms with van der Waals surface area (Å²) in [5.41, 5.74) is 3.16. The second-order valence-electron chi connectivity index (χ2n) is 6.61. The molecule has 1 fully saturated rings. The van der Waals surface area contributed by atoms with Gasteiger partial charge in [-0.15, -0.1) is 0 Å². The van der Waals surface area contributed by atoms with E-state index in [1.165, 1.54) is 4.90 Å². The van der Waals surface area contributed by atoms with Gasteiger partial charge in [0.2, 0.25) is 0 Å². The number of carbonyl (C=O) groups is 2. The summed E-state index contributed by atoms with van der Waals surface area (Å²) < 4.78 is 6.06. The van der Waals surface area contributed by atoms with Crippen LogP contribution in [0, 0.1) is 0 Å². The highest BCUT2D eigenvalue weighted by Gasteiger charge is 2.37. The maximum Gasteiger partial charge on any atom is 0.407 e. The monoisotopic (exact) mass is 356 g/mol. The Morgan fingerprint density at radius 2 is 2.31 bits per heavy atom. The molecule has 0 bridgehead atoms. The number of H-pyrrole nitrogens is 1. The molecule has 2 aromatic heterocycles. The number of amides is 2. The number of aromatic amines is 1. The highest BCUT2D eigenvalue weighted by molar-refractivity contribution is 5.98. The number of pyridine rings is 1. The Kier molecular flexibility index (Phi) is 4.02. The van der Waals surface area contributed by atoms with E-state index in [2.05, 4.69) is 15.3 Å². The van der Waals surface area contributed by atoms with Crippen molar-refractivity contribution >= 4 is 12.0 Å². The molecule has 2 aliphatic rings. The van der Waals surface area contributed by atoms with Crippen LogP contribution in [-0.2, 0) is 6.42 Å². The molecule has 2 aromatic rings. The molecule has 2 atom stereocenters. The van der Waals surface area contributed by atoms with Crippen LogP contribution in [0.25, 0.3) is 11.3 Å². The fourth-order valence-corrected chi connectivity index (χ4v) is 3.55. The molecule has 2 amide bonds. The van der Waals surface area contributed by atoms with Gasteiger partial charge in [0, 0.05) is 37.0 Å². The third-order valence-corrected chi connectivity index (χ3v) is 5.05. The Balaban J connectivity index is 1.60. The normalized spacial score (nSPS) is 20.0. The molecule has 26 heavy (non-hydrogen) atoms. The molecule has 8 nitrogen and oxygen atoms in total. The van der Waals surface area contributed by atoms with E-state index in [-0.39, 0.29) is 18.1 Å². The topological polar surface area (TPSA) is 108 Å². The predicted molar refractivity (Wildman–Crippen MR) is 93.3 cm³/mol. The van der Waals surface area contributed by atoms with Gasteiger partial charge in [-0.25, -0.2) is 4.79 Å². The van der Waals surface area contributed by atoms with Gasteiger partial charge in [0.1, 0.15) is 11.9 Å². The first-order valence-corrected chi connectivity index (χ1v) is 8.65. The van der Waals surface area contributed by atoms with Crippen LogP contribution in [0.3, 0.4) is 0 Å². The van der Waals surface area contributed by atoms with Crippen LogP contribution in [0.4, 0.5) is 4.79 Å². The molecule has 0 spiro atoms. The van der Waals surface area contributed by atoms with E-state index in [1.54, 1.807) is 12.4 Å². The third kappa shape index (κ3) is 2.77. The highest BCUT2D eigenvalue weighted by atomic mass is 16.5. The zero-order valence-electron chi connectivity index (χ0n) is 14.4. The molecule has 8 heteroatoms. The smallest absolute Gasteiger partial charge is 0.407 e. The number of aromatic nitrogens is 2. The van der Waals surface area contributed by atoms with Crippen molar-refractivity contribution in [3.63, 3.8) is 0 Å². The number of rotatable bonds is 4. The molecule has 1 saturated heterocycles. The number of carbonyl (C=O) groups excluding carboxylic acids is 1. The number of ether oxygens (including phenoxy) is 1. The van der Waals surface area contributed by atoms with E-state index in [0.29, 0.717) is 24.4 Å². The predicted octanol–water partition coefficient (Wildman–Crippen LogP) is 1.88. The number of hydrogen-bond acceptors (Lipinski definition) is 4. The Morgan fingerprint density at radius 3 is 3.00 bits per heavy atom. The fourth-order valence-electron chi connectivity index (χ4n) is 3.55. The van der Waals surface area contributed by atoms with Gasteiger partial charge in [-0.05, 0) is 25.5 Å². The fraction of sp³-hybridized carbons (Fsp3) is 0.389. The highest BCUT2D eigenvalue weighted by Crippen LogP contribution is 2.33. The first kappa shape index (κ1) is 16.4. The van der Waals surface area contributed by atoms with Crippen molar-refractivity contribution in [1.82, 2.24) is 20.2 Å². The molecule has 4 rings (SSSR count). The van der Waals surface area contributed by atoms with Crippen molar-refractivity contribution < 1.29 is 19.4 Å². The summed E-state index contributed by atoms with van der Waals surface area (Å²) in [6.07, 6.45) is 3.60. The number of hydrogen-bond donors (Lipinski definition) is 3. The number of nitrogens with one attached hydrogen (secondary N) is 2. The average Bonchev–Trinajstić information content (AvgIpc) is 2.99. The Hall–Kier alpha value is -3.03. The number of nitrogens with zero attached hydrogens (tertiary/aromatic N) is 2. The molecule has 2 aliphatic heterocycles. The summed E-state index contributed by atoms with van der Waals surface area (Å²) in [5, 5.41) is 12.0. The van der Waals surface area contributed by atoms with Crippen LogP contribution in [0.2, 0.25) is 0 Å². The van der Waals surface area contributed by atoms with E-state index in [1.807, 2.05) is 19.1 Å². The van der Waals surface area contributed by atoms with Gasteiger partial charge in [-0.1, -0.05) is 0 Å². The minimum absolute atomic E-state index is 0.0785. The Bertz CT molecular complexity index is 863. The maximum atomic E-state index is 12.0. The van der Waals surface area contributed by atoms with Crippen LogP contribution in [0.5, 0.6) is 5.75 Å². The Labute approximate surface area is 150 Å². The van der Waals surface area contributed by atoms with Gasteiger partial charge in [0.05, 0.1) is 23.5 Å². The van der Waals surface area contributed by atoms with Crippen LogP contribution in [0.1, 0.15) is 29.4 Å². The zero-order chi connectivity index (χ0) is 18.3. The summed E-state index contributed by atoms with van der Waals surface area (Å²) in [4.78, 5) is 32.0. The van der Waals surface area contributed by atoms with E-state index >= 15 is 0 Å². The van der Waals surface area contributed by atoms with Crippen LogP contribution in [0.15, 0.2) is 24.5 Å². The molecule has 0 radical (unpaired) electrons. The SMILES string of the molecule is CC(Oc1cnccc1-c1cc2c([nH]1)CCNC2=O)[C@H]1CCN1C(=O)O. The molecular weight excluding hydrogens is 336 g/mol. The molecule has 1 unspecified atom stereocenters. The number of fused-ring (bicyclic) bond motifs is 1. The van der Waals surface area contributed by atoms with Crippen LogP contribution in [-0.4, -0.2) is 57.2 Å². The van der Waals surface area contributed by atoms with Crippen molar-refractivity contribution in [2.75, 3.05) is 13.1 Å². The second kappa shape index (κ2) is 6.36. The van der Waals surface area contributed by atoms with E-state index < -0.39 is 6.09 Å². The molecule has 0 aromatic carbocycles. The lowest BCUT2D eigenvalue weighted by molar-refractivity contribution is 0.0150. The van der Waals surface area contributed by atoms with Gasteiger partial charge >= 0.3 is 6.09 Å². The molecule has 0 saturated carbocycles. The van der Waals surface area contributed by atoms with Crippen LogP contribution < -0.4 is 10.1 Å².